The summed E-state index contributed by atoms with van der Waals surface area (Å²) in [5.41, 5.74) is 6.17. The molecule has 0 spiro atoms. The molecule has 0 unspecified atom stereocenters. The summed E-state index contributed by atoms with van der Waals surface area (Å²) in [7, 11) is 1.61. The van der Waals surface area contributed by atoms with Gasteiger partial charge in [-0.15, -0.1) is 0 Å². The Kier molecular flexibility index (Phi) is 5.34. The molecule has 1 amide bonds. The first-order valence-electron chi connectivity index (χ1n) is 8.02. The molecule has 130 valence electrons. The quantitative estimate of drug-likeness (QED) is 0.568. The van der Waals surface area contributed by atoms with Crippen LogP contribution in [0, 0.1) is 6.92 Å². The van der Waals surface area contributed by atoms with Gasteiger partial charge >= 0.3 is 0 Å². The van der Waals surface area contributed by atoms with Gasteiger partial charge in [-0.05, 0) is 36.8 Å². The van der Waals surface area contributed by atoms with Gasteiger partial charge in [-0.2, -0.15) is 5.10 Å². The van der Waals surface area contributed by atoms with Crippen LogP contribution in [0.2, 0.25) is 0 Å². The number of carbonyl (C=O) groups is 1. The molecule has 0 saturated carbocycles. The predicted molar refractivity (Wildman–Crippen MR) is 100 cm³/mol. The Labute approximate surface area is 151 Å². The summed E-state index contributed by atoms with van der Waals surface area (Å²) in [4.78, 5) is 20.7. The predicted octanol–water partition coefficient (Wildman–Crippen LogP) is 3.22. The van der Waals surface area contributed by atoms with Gasteiger partial charge in [0.05, 0.1) is 31.4 Å². The van der Waals surface area contributed by atoms with Crippen LogP contribution in [0.5, 0.6) is 5.75 Å². The Balaban J connectivity index is 1.70. The van der Waals surface area contributed by atoms with Gasteiger partial charge in [-0.3, -0.25) is 9.78 Å². The van der Waals surface area contributed by atoms with Crippen LogP contribution in [0.15, 0.2) is 66.0 Å². The monoisotopic (exact) mass is 346 g/mol. The number of hydrogen-bond acceptors (Lipinski definition) is 5. The van der Waals surface area contributed by atoms with E-state index < -0.39 is 5.91 Å². The minimum atomic E-state index is -0.420. The third-order valence-corrected chi connectivity index (χ3v) is 3.71. The number of hydrazone groups is 1. The fourth-order valence-electron chi connectivity index (χ4n) is 2.25. The van der Waals surface area contributed by atoms with Gasteiger partial charge in [0, 0.05) is 5.56 Å². The summed E-state index contributed by atoms with van der Waals surface area (Å²) in [5, 5.41) is 3.96. The highest BCUT2D eigenvalue weighted by atomic mass is 16.5. The van der Waals surface area contributed by atoms with Crippen molar-refractivity contribution in [3.63, 3.8) is 0 Å². The first-order valence-corrected chi connectivity index (χ1v) is 8.02. The molecule has 2 aromatic carbocycles. The van der Waals surface area contributed by atoms with Crippen LogP contribution in [0.25, 0.3) is 11.3 Å². The lowest BCUT2D eigenvalue weighted by Crippen LogP contribution is -2.19. The molecule has 0 aliphatic carbocycles. The topological polar surface area (TPSA) is 76.5 Å². The van der Waals surface area contributed by atoms with Crippen molar-refractivity contribution in [3.8, 4) is 17.0 Å². The van der Waals surface area contributed by atoms with E-state index in [1.165, 1.54) is 6.20 Å². The molecule has 0 fully saturated rings. The molecule has 3 aromatic rings. The van der Waals surface area contributed by atoms with Crippen LogP contribution in [-0.2, 0) is 0 Å². The maximum absolute atomic E-state index is 12.2. The van der Waals surface area contributed by atoms with Crippen LogP contribution < -0.4 is 10.2 Å². The number of carbonyl (C=O) groups excluding carboxylic acids is 1. The Morgan fingerprint density at radius 1 is 1.08 bits per heavy atom. The standard InChI is InChI=1S/C20H18N4O2/c1-14-3-5-15(6-4-14)11-22-24-20(25)19-13-21-12-18(23-19)16-7-9-17(26-2)10-8-16/h3-13H,1-2H3,(H,24,25). The maximum atomic E-state index is 12.2. The summed E-state index contributed by atoms with van der Waals surface area (Å²) in [6.45, 7) is 2.01. The molecule has 1 aromatic heterocycles. The Bertz CT molecular complexity index is 919. The van der Waals surface area contributed by atoms with E-state index in [-0.39, 0.29) is 5.69 Å². The van der Waals surface area contributed by atoms with E-state index in [1.54, 1.807) is 19.5 Å². The highest BCUT2D eigenvalue weighted by molar-refractivity contribution is 5.93. The van der Waals surface area contributed by atoms with Gasteiger partial charge < -0.3 is 4.74 Å². The first kappa shape index (κ1) is 17.3. The number of rotatable bonds is 5. The molecule has 0 bridgehead atoms. The molecular weight excluding hydrogens is 328 g/mol. The molecule has 0 atom stereocenters. The third-order valence-electron chi connectivity index (χ3n) is 3.71. The summed E-state index contributed by atoms with van der Waals surface area (Å²) < 4.78 is 5.14. The van der Waals surface area contributed by atoms with Crippen molar-refractivity contribution in [3.05, 3.63) is 77.7 Å². The molecule has 0 aliphatic rings. The number of hydrogen-bond donors (Lipinski definition) is 1. The first-order chi connectivity index (χ1) is 12.7. The molecule has 26 heavy (non-hydrogen) atoms. The van der Waals surface area contributed by atoms with Crippen molar-refractivity contribution in [1.82, 2.24) is 15.4 Å². The van der Waals surface area contributed by atoms with Gasteiger partial charge in [0.25, 0.3) is 5.91 Å². The van der Waals surface area contributed by atoms with Crippen LogP contribution in [-0.4, -0.2) is 29.2 Å². The fourth-order valence-corrected chi connectivity index (χ4v) is 2.25. The normalized spacial score (nSPS) is 10.7. The number of nitrogens with one attached hydrogen (secondary N) is 1. The summed E-state index contributed by atoms with van der Waals surface area (Å²) >= 11 is 0. The molecule has 1 N–H and O–H groups in total. The van der Waals surface area contributed by atoms with Gasteiger partial charge in [-0.25, -0.2) is 10.4 Å². The highest BCUT2D eigenvalue weighted by Gasteiger charge is 2.09. The van der Waals surface area contributed by atoms with Crippen LogP contribution in [0.1, 0.15) is 21.6 Å². The van der Waals surface area contributed by atoms with E-state index in [1.807, 2.05) is 55.5 Å². The maximum Gasteiger partial charge on any atom is 0.291 e. The van der Waals surface area contributed by atoms with Crippen molar-refractivity contribution in [2.24, 2.45) is 5.10 Å². The number of aromatic nitrogens is 2. The number of aryl methyl sites for hydroxylation is 1. The lowest BCUT2D eigenvalue weighted by molar-refractivity contribution is 0.0950. The summed E-state index contributed by atoms with van der Waals surface area (Å²) in [5.74, 6) is 0.331. The average Bonchev–Trinajstić information content (AvgIpc) is 2.69. The zero-order chi connectivity index (χ0) is 18.4. The van der Waals surface area contributed by atoms with Crippen molar-refractivity contribution in [1.29, 1.82) is 0 Å². The zero-order valence-corrected chi connectivity index (χ0v) is 14.5. The largest absolute Gasteiger partial charge is 0.497 e. The lowest BCUT2D eigenvalue weighted by atomic mass is 10.1. The minimum Gasteiger partial charge on any atom is -0.497 e. The lowest BCUT2D eigenvalue weighted by Gasteiger charge is -2.04. The molecule has 1 heterocycles. The van der Waals surface area contributed by atoms with Crippen LogP contribution in [0.3, 0.4) is 0 Å². The van der Waals surface area contributed by atoms with Gasteiger partial charge in [-0.1, -0.05) is 29.8 Å². The number of methoxy groups -OCH3 is 1. The number of nitrogens with zero attached hydrogens (tertiary/aromatic N) is 3. The fraction of sp³-hybridized carbons (Fsp3) is 0.100. The van der Waals surface area contributed by atoms with E-state index in [4.69, 9.17) is 4.74 Å². The second kappa shape index (κ2) is 8.02. The second-order valence-corrected chi connectivity index (χ2v) is 5.63. The van der Waals surface area contributed by atoms with Crippen molar-refractivity contribution in [2.45, 2.75) is 6.92 Å². The van der Waals surface area contributed by atoms with E-state index >= 15 is 0 Å². The number of benzene rings is 2. The average molecular weight is 346 g/mol. The molecule has 3 rings (SSSR count). The van der Waals surface area contributed by atoms with E-state index in [0.29, 0.717) is 5.69 Å². The minimum absolute atomic E-state index is 0.194. The zero-order valence-electron chi connectivity index (χ0n) is 14.5. The second-order valence-electron chi connectivity index (χ2n) is 5.63. The van der Waals surface area contributed by atoms with Gasteiger partial charge in [0.2, 0.25) is 0 Å². The van der Waals surface area contributed by atoms with Crippen LogP contribution >= 0.6 is 0 Å². The van der Waals surface area contributed by atoms with E-state index in [0.717, 1.165) is 22.4 Å². The Morgan fingerprint density at radius 3 is 2.50 bits per heavy atom. The molecule has 0 aliphatic heterocycles. The third kappa shape index (κ3) is 4.30. The smallest absolute Gasteiger partial charge is 0.291 e. The van der Waals surface area contributed by atoms with Crippen molar-refractivity contribution in [2.75, 3.05) is 7.11 Å². The Hall–Kier alpha value is -3.54. The Morgan fingerprint density at radius 2 is 1.81 bits per heavy atom. The summed E-state index contributed by atoms with van der Waals surface area (Å²) in [6, 6.07) is 15.2. The number of ether oxygens (including phenoxy) is 1. The number of amides is 1. The highest BCUT2D eigenvalue weighted by Crippen LogP contribution is 2.20. The van der Waals surface area contributed by atoms with E-state index in [9.17, 15) is 4.79 Å². The molecule has 0 saturated heterocycles. The SMILES string of the molecule is COc1ccc(-c2cncc(C(=O)NN=Cc3ccc(C)cc3)n2)cc1. The van der Waals surface area contributed by atoms with E-state index in [2.05, 4.69) is 20.5 Å². The van der Waals surface area contributed by atoms with Crippen molar-refractivity contribution < 1.29 is 9.53 Å². The van der Waals surface area contributed by atoms with Gasteiger partial charge in [0.1, 0.15) is 11.4 Å². The van der Waals surface area contributed by atoms with Crippen LogP contribution in [0.4, 0.5) is 0 Å². The molecule has 6 heteroatoms. The van der Waals surface area contributed by atoms with Crippen molar-refractivity contribution >= 4 is 12.1 Å². The van der Waals surface area contributed by atoms with Gasteiger partial charge in [0.15, 0.2) is 0 Å². The molecule has 6 nitrogen and oxygen atoms in total. The molecule has 0 radical (unpaired) electrons. The molecular formula is C20H18N4O2. The summed E-state index contributed by atoms with van der Waals surface area (Å²) in [6.07, 6.45) is 4.59.